The zero-order valence-corrected chi connectivity index (χ0v) is 21.9. The Morgan fingerprint density at radius 1 is 1.11 bits per heavy atom. The van der Waals surface area contributed by atoms with Gasteiger partial charge in [-0.3, -0.25) is 14.3 Å². The zero-order valence-electron chi connectivity index (χ0n) is 20.3. The summed E-state index contributed by atoms with van der Waals surface area (Å²) < 4.78 is 2.03. The summed E-state index contributed by atoms with van der Waals surface area (Å²) in [5.74, 6) is 1.32. The summed E-state index contributed by atoms with van der Waals surface area (Å²) in [5.41, 5.74) is 5.07. The molecular weight excluding hydrogens is 494 g/mol. The molecule has 0 radical (unpaired) electrons. The summed E-state index contributed by atoms with van der Waals surface area (Å²) >= 11 is 7.86. The summed E-state index contributed by atoms with van der Waals surface area (Å²) in [5, 5.41) is 20.3. The number of carbonyl (C=O) groups is 1. The molecule has 0 saturated carbocycles. The fraction of sp³-hybridized carbons (Fsp3) is 0.269. The number of nitrogens with one attached hydrogen (secondary N) is 1. The molecular formula is C26H26ClN7OS. The fourth-order valence-corrected chi connectivity index (χ4v) is 5.49. The number of halogens is 1. The molecule has 1 aliphatic rings. The highest BCUT2D eigenvalue weighted by atomic mass is 35.5. The van der Waals surface area contributed by atoms with Gasteiger partial charge in [0.1, 0.15) is 16.5 Å². The molecule has 8 nitrogen and oxygen atoms in total. The lowest BCUT2D eigenvalue weighted by Gasteiger charge is -2.18. The van der Waals surface area contributed by atoms with Gasteiger partial charge in [-0.15, -0.1) is 21.5 Å². The van der Waals surface area contributed by atoms with E-state index >= 15 is 0 Å². The molecule has 1 amide bonds. The van der Waals surface area contributed by atoms with Crippen LogP contribution < -0.4 is 10.3 Å². The lowest BCUT2D eigenvalue weighted by molar-refractivity contribution is -0.120. The molecule has 4 heterocycles. The van der Waals surface area contributed by atoms with Crippen LogP contribution in [0.5, 0.6) is 0 Å². The number of fused-ring (bicyclic) bond motifs is 3. The van der Waals surface area contributed by atoms with Crippen molar-refractivity contribution in [1.29, 1.82) is 0 Å². The Labute approximate surface area is 218 Å². The predicted molar refractivity (Wildman–Crippen MR) is 143 cm³/mol. The number of thiophene rings is 1. The zero-order chi connectivity index (χ0) is 25.2. The molecule has 184 valence electrons. The van der Waals surface area contributed by atoms with Gasteiger partial charge in [0.15, 0.2) is 0 Å². The molecule has 0 spiro atoms. The van der Waals surface area contributed by atoms with E-state index in [1.165, 1.54) is 4.88 Å². The summed E-state index contributed by atoms with van der Waals surface area (Å²) in [6, 6.07) is 11.6. The average Bonchev–Trinajstić information content (AvgIpc) is 3.35. The standard InChI is InChI=1S/C26H26ClN7OS/c1-16-17(2)36-25-23(16)24(20-6-8-21(27)9-7-20)32-33(26-31-30-18(3)34(25)26)14-11-22(35)29-13-10-19-5-4-12-28-15-19/h4-9,12,15H,10-11,13-14H2,1-3H3,(H,29,35). The smallest absolute Gasteiger partial charge is 0.253 e. The third kappa shape index (κ3) is 4.76. The Kier molecular flexibility index (Phi) is 6.84. The molecule has 36 heavy (non-hydrogen) atoms. The molecule has 0 bridgehead atoms. The summed E-state index contributed by atoms with van der Waals surface area (Å²) in [4.78, 5) is 18.0. The molecule has 3 aromatic heterocycles. The summed E-state index contributed by atoms with van der Waals surface area (Å²) in [7, 11) is 0. The van der Waals surface area contributed by atoms with Crippen LogP contribution in [0.4, 0.5) is 5.95 Å². The van der Waals surface area contributed by atoms with Gasteiger partial charge in [-0.25, -0.2) is 5.01 Å². The van der Waals surface area contributed by atoms with Gasteiger partial charge in [0.2, 0.25) is 5.91 Å². The highest BCUT2D eigenvalue weighted by molar-refractivity contribution is 7.15. The number of aryl methyl sites for hydroxylation is 2. The van der Waals surface area contributed by atoms with Crippen molar-refractivity contribution < 1.29 is 4.79 Å². The fourth-order valence-electron chi connectivity index (χ4n) is 4.16. The number of rotatable bonds is 7. The van der Waals surface area contributed by atoms with Crippen LogP contribution in [0.2, 0.25) is 5.02 Å². The van der Waals surface area contributed by atoms with E-state index in [-0.39, 0.29) is 12.3 Å². The van der Waals surface area contributed by atoms with E-state index in [1.54, 1.807) is 22.5 Å². The largest absolute Gasteiger partial charge is 0.356 e. The first-order chi connectivity index (χ1) is 17.4. The Balaban J connectivity index is 1.43. The second-order valence-corrected chi connectivity index (χ2v) is 10.3. The topological polar surface area (TPSA) is 88.3 Å². The van der Waals surface area contributed by atoms with Crippen LogP contribution in [0.25, 0.3) is 5.00 Å². The average molecular weight is 520 g/mol. The molecule has 0 aliphatic carbocycles. The number of aromatic nitrogens is 4. The molecule has 1 aromatic carbocycles. The number of hydrogen-bond acceptors (Lipinski definition) is 7. The first-order valence-corrected chi connectivity index (χ1v) is 12.9. The minimum absolute atomic E-state index is 0.0454. The molecule has 1 N–H and O–H groups in total. The molecule has 0 saturated heterocycles. The van der Waals surface area contributed by atoms with Gasteiger partial charge in [-0.05, 0) is 56.5 Å². The molecule has 0 atom stereocenters. The van der Waals surface area contributed by atoms with Crippen molar-refractivity contribution in [3.8, 4) is 5.00 Å². The molecule has 4 aromatic rings. The van der Waals surface area contributed by atoms with Crippen LogP contribution in [0.3, 0.4) is 0 Å². The van der Waals surface area contributed by atoms with Crippen LogP contribution in [0.1, 0.15) is 39.4 Å². The lowest BCUT2D eigenvalue weighted by atomic mass is 10.00. The van der Waals surface area contributed by atoms with E-state index in [0.717, 1.165) is 45.2 Å². The van der Waals surface area contributed by atoms with E-state index in [0.29, 0.717) is 24.1 Å². The highest BCUT2D eigenvalue weighted by Crippen LogP contribution is 2.38. The van der Waals surface area contributed by atoms with Crippen molar-refractivity contribution in [3.63, 3.8) is 0 Å². The molecule has 5 rings (SSSR count). The van der Waals surface area contributed by atoms with Gasteiger partial charge in [-0.2, -0.15) is 5.10 Å². The lowest BCUT2D eigenvalue weighted by Crippen LogP contribution is -2.31. The minimum atomic E-state index is -0.0454. The Morgan fingerprint density at radius 3 is 2.67 bits per heavy atom. The number of nitrogens with zero attached hydrogens (tertiary/aromatic N) is 6. The second kappa shape index (κ2) is 10.2. The van der Waals surface area contributed by atoms with Crippen molar-refractivity contribution >= 4 is 40.5 Å². The number of carbonyl (C=O) groups excluding carboxylic acids is 1. The van der Waals surface area contributed by atoms with Crippen molar-refractivity contribution in [3.05, 3.63) is 86.8 Å². The predicted octanol–water partition coefficient (Wildman–Crippen LogP) is 4.62. The highest BCUT2D eigenvalue weighted by Gasteiger charge is 2.30. The quantitative estimate of drug-likeness (QED) is 0.385. The van der Waals surface area contributed by atoms with E-state index < -0.39 is 0 Å². The van der Waals surface area contributed by atoms with Gasteiger partial charge in [0, 0.05) is 46.4 Å². The van der Waals surface area contributed by atoms with Crippen molar-refractivity contribution in [1.82, 2.24) is 25.1 Å². The maximum atomic E-state index is 12.7. The maximum Gasteiger partial charge on any atom is 0.253 e. The first kappa shape index (κ1) is 24.1. The Morgan fingerprint density at radius 2 is 1.92 bits per heavy atom. The van der Waals surface area contributed by atoms with Gasteiger partial charge in [0.25, 0.3) is 5.95 Å². The van der Waals surface area contributed by atoms with Crippen LogP contribution >= 0.6 is 22.9 Å². The van der Waals surface area contributed by atoms with Gasteiger partial charge < -0.3 is 5.32 Å². The van der Waals surface area contributed by atoms with E-state index in [2.05, 4.69) is 34.3 Å². The third-order valence-electron chi connectivity index (χ3n) is 6.19. The number of amides is 1. The van der Waals surface area contributed by atoms with E-state index in [4.69, 9.17) is 16.7 Å². The van der Waals surface area contributed by atoms with Gasteiger partial charge in [-0.1, -0.05) is 29.8 Å². The van der Waals surface area contributed by atoms with Crippen LogP contribution in [0.15, 0.2) is 53.9 Å². The number of benzene rings is 1. The van der Waals surface area contributed by atoms with E-state index in [9.17, 15) is 4.79 Å². The summed E-state index contributed by atoms with van der Waals surface area (Å²) in [6.45, 7) is 7.07. The minimum Gasteiger partial charge on any atom is -0.356 e. The SMILES string of the molecule is Cc1sc2c(c1C)C(c1ccc(Cl)cc1)=NN(CCC(=O)NCCc1cccnc1)c1nnc(C)n1-2. The number of hydrazone groups is 1. The number of pyridine rings is 1. The molecule has 1 aliphatic heterocycles. The molecule has 0 fully saturated rings. The van der Waals surface area contributed by atoms with Crippen molar-refractivity contribution in [2.24, 2.45) is 5.10 Å². The number of hydrogen-bond donors (Lipinski definition) is 1. The van der Waals surface area contributed by atoms with Gasteiger partial charge in [0.05, 0.1) is 6.54 Å². The monoisotopic (exact) mass is 519 g/mol. The first-order valence-electron chi connectivity index (χ1n) is 11.7. The third-order valence-corrected chi connectivity index (χ3v) is 7.64. The molecule has 0 unspecified atom stereocenters. The second-order valence-electron chi connectivity index (χ2n) is 8.64. The van der Waals surface area contributed by atoms with Crippen LogP contribution in [0, 0.1) is 20.8 Å². The Bertz CT molecular complexity index is 1430. The van der Waals surface area contributed by atoms with Crippen molar-refractivity contribution in [2.75, 3.05) is 18.1 Å². The van der Waals surface area contributed by atoms with Gasteiger partial charge >= 0.3 is 0 Å². The number of anilines is 1. The summed E-state index contributed by atoms with van der Waals surface area (Å²) in [6.07, 6.45) is 4.55. The molecule has 10 heteroatoms. The normalized spacial score (nSPS) is 12.6. The van der Waals surface area contributed by atoms with E-state index in [1.807, 2.05) is 54.1 Å². The Hall–Kier alpha value is -3.56. The van der Waals surface area contributed by atoms with Crippen LogP contribution in [-0.4, -0.2) is 44.5 Å². The van der Waals surface area contributed by atoms with Crippen LogP contribution in [-0.2, 0) is 11.2 Å². The maximum absolute atomic E-state index is 12.7. The van der Waals surface area contributed by atoms with Crippen molar-refractivity contribution in [2.45, 2.75) is 33.6 Å².